The van der Waals surface area contributed by atoms with Crippen LogP contribution in [-0.4, -0.2) is 9.99 Å². The number of thiol groups is 1. The van der Waals surface area contributed by atoms with Gasteiger partial charge in [0, 0.05) is 0 Å². The molecular formula is C3H2N2OS2. The lowest BCUT2D eigenvalue weighted by atomic mass is 11.3. The summed E-state index contributed by atoms with van der Waals surface area (Å²) in [6, 6.07) is 0. The fourth-order valence-corrected chi connectivity index (χ4v) is 0.426. The van der Waals surface area contributed by atoms with Gasteiger partial charge in [-0.25, -0.2) is 0 Å². The first-order valence-electron chi connectivity index (χ1n) is 1.57. The van der Waals surface area contributed by atoms with Gasteiger partial charge in [0.15, 0.2) is 0 Å². The Labute approximate surface area is 56.2 Å². The fraction of sp³-hybridized carbons (Fsp3) is 0. The number of rotatable bonds is 1. The van der Waals surface area contributed by atoms with Crippen molar-refractivity contribution in [1.82, 2.24) is 0 Å². The molecule has 0 aliphatic carbocycles. The third-order valence-corrected chi connectivity index (χ3v) is 0.993. The molecule has 0 N–H and O–H groups in total. The fourth-order valence-electron chi connectivity index (χ4n) is 0.0950. The largest absolute Gasteiger partial charge is 0.274 e. The third-order valence-electron chi connectivity index (χ3n) is 0.264. The van der Waals surface area contributed by atoms with Crippen LogP contribution in [0.15, 0.2) is 4.99 Å². The van der Waals surface area contributed by atoms with Crippen molar-refractivity contribution in [3.8, 4) is 6.19 Å². The molecule has 0 aromatic rings. The maximum absolute atomic E-state index is 9.95. The molecule has 42 valence electrons. The molecule has 0 aromatic heterocycles. The zero-order valence-electron chi connectivity index (χ0n) is 3.74. The lowest BCUT2D eigenvalue weighted by molar-refractivity contribution is 0.277. The number of hydrogen-bond acceptors (Lipinski definition) is 4. The Kier molecular flexibility index (Phi) is 4.41. The molecule has 0 saturated carbocycles. The van der Waals surface area contributed by atoms with E-state index >= 15 is 0 Å². The lowest BCUT2D eigenvalue weighted by Crippen LogP contribution is -1.69. The van der Waals surface area contributed by atoms with Gasteiger partial charge in [0.2, 0.25) is 10.6 Å². The molecule has 0 atom stereocenters. The van der Waals surface area contributed by atoms with Crippen molar-refractivity contribution in [1.29, 1.82) is 5.26 Å². The van der Waals surface area contributed by atoms with Gasteiger partial charge in [0.05, 0.1) is 5.55 Å². The highest BCUT2D eigenvalue weighted by atomic mass is 32.2. The van der Waals surface area contributed by atoms with Gasteiger partial charge in [-0.2, -0.15) is 10.3 Å². The summed E-state index contributed by atoms with van der Waals surface area (Å²) in [6.45, 7) is 0. The minimum Gasteiger partial charge on any atom is -0.274 e. The van der Waals surface area contributed by atoms with Crippen LogP contribution in [0.4, 0.5) is 4.79 Å². The van der Waals surface area contributed by atoms with Crippen LogP contribution in [0.25, 0.3) is 0 Å². The summed E-state index contributed by atoms with van der Waals surface area (Å²) in [6.07, 6.45) is 1.49. The van der Waals surface area contributed by atoms with E-state index in [-0.39, 0.29) is 4.45 Å². The first kappa shape index (κ1) is 7.53. The smallest absolute Gasteiger partial charge is 0.248 e. The zero-order chi connectivity index (χ0) is 6.41. The van der Waals surface area contributed by atoms with Crippen molar-refractivity contribution in [2.75, 3.05) is 0 Å². The molecule has 0 unspecified atom stereocenters. The number of aliphatic imine (C=N–C) groups is 1. The first-order chi connectivity index (χ1) is 3.77. The Bertz CT molecular complexity index is 148. The molecule has 5 heteroatoms. The van der Waals surface area contributed by atoms with Crippen molar-refractivity contribution in [2.45, 2.75) is 0 Å². The van der Waals surface area contributed by atoms with Gasteiger partial charge in [-0.05, 0) is 11.8 Å². The monoisotopic (exact) mass is 146 g/mol. The standard InChI is InChI=1S/C3H2N2OS2/c4-1-5-2-8-3(6)7/h2H,(H,6,7). The highest BCUT2D eigenvalue weighted by Gasteiger charge is 1.86. The SMILES string of the molecule is N#CN=CSC(=O)S. The van der Waals surface area contributed by atoms with Crippen LogP contribution in [0.2, 0.25) is 0 Å². The highest BCUT2D eigenvalue weighted by Crippen LogP contribution is 2.01. The molecule has 0 rings (SSSR count). The summed E-state index contributed by atoms with van der Waals surface area (Å²) in [5, 5.41) is 7.78. The van der Waals surface area contributed by atoms with Gasteiger partial charge < -0.3 is 0 Å². The Morgan fingerprint density at radius 3 is 3.00 bits per heavy atom. The average molecular weight is 146 g/mol. The summed E-state index contributed by atoms with van der Waals surface area (Å²) in [4.78, 5) is 13.0. The van der Waals surface area contributed by atoms with Gasteiger partial charge in [0.25, 0.3) is 0 Å². The van der Waals surface area contributed by atoms with Crippen LogP contribution in [0.5, 0.6) is 0 Å². The number of carbonyl (C=O) groups is 1. The van der Waals surface area contributed by atoms with Crippen LogP contribution < -0.4 is 0 Å². The topological polar surface area (TPSA) is 53.2 Å². The molecule has 0 aromatic carbocycles. The van der Waals surface area contributed by atoms with Crippen LogP contribution in [0.1, 0.15) is 0 Å². The van der Waals surface area contributed by atoms with Gasteiger partial charge >= 0.3 is 0 Å². The Hall–Kier alpha value is -0.470. The van der Waals surface area contributed by atoms with Crippen molar-refractivity contribution < 1.29 is 4.79 Å². The molecule has 0 aliphatic rings. The number of thioether (sulfide) groups is 1. The van der Waals surface area contributed by atoms with Gasteiger partial charge in [0.1, 0.15) is 0 Å². The maximum Gasteiger partial charge on any atom is 0.248 e. The Morgan fingerprint density at radius 2 is 2.62 bits per heavy atom. The molecule has 0 aliphatic heterocycles. The van der Waals surface area contributed by atoms with Crippen LogP contribution >= 0.6 is 24.4 Å². The first-order valence-corrected chi connectivity index (χ1v) is 2.90. The summed E-state index contributed by atoms with van der Waals surface area (Å²) in [5.41, 5.74) is 1.13. The van der Waals surface area contributed by atoms with E-state index in [2.05, 4.69) is 17.6 Å². The molecule has 0 amide bonds. The van der Waals surface area contributed by atoms with E-state index < -0.39 is 0 Å². The summed E-state index contributed by atoms with van der Waals surface area (Å²) < 4.78 is -0.371. The van der Waals surface area contributed by atoms with E-state index in [1.807, 2.05) is 0 Å². The molecule has 0 radical (unpaired) electrons. The summed E-state index contributed by atoms with van der Waals surface area (Å²) >= 11 is 4.16. The van der Waals surface area contributed by atoms with E-state index in [0.29, 0.717) is 0 Å². The van der Waals surface area contributed by atoms with Gasteiger partial charge in [-0.1, -0.05) is 12.6 Å². The Morgan fingerprint density at radius 1 is 2.00 bits per heavy atom. The number of nitrogens with zero attached hydrogens (tertiary/aromatic N) is 2. The normalized spacial score (nSPS) is 9.00. The summed E-state index contributed by atoms with van der Waals surface area (Å²) in [5.74, 6) is 0. The summed E-state index contributed by atoms with van der Waals surface area (Å²) in [7, 11) is 0. The van der Waals surface area contributed by atoms with E-state index in [0.717, 1.165) is 17.3 Å². The van der Waals surface area contributed by atoms with Gasteiger partial charge in [-0.15, -0.1) is 0 Å². The van der Waals surface area contributed by atoms with E-state index in [1.165, 1.54) is 6.19 Å². The van der Waals surface area contributed by atoms with Crippen molar-refractivity contribution in [3.63, 3.8) is 0 Å². The van der Waals surface area contributed by atoms with Crippen LogP contribution in [-0.2, 0) is 0 Å². The Balaban J connectivity index is 3.34. The third kappa shape index (κ3) is 5.53. The van der Waals surface area contributed by atoms with Crippen molar-refractivity contribution in [2.24, 2.45) is 4.99 Å². The average Bonchev–Trinajstić information content (AvgIpc) is 1.66. The van der Waals surface area contributed by atoms with Gasteiger partial charge in [-0.3, -0.25) is 4.79 Å². The maximum atomic E-state index is 9.95. The number of carbonyl (C=O) groups excluding carboxylic acids is 1. The molecule has 0 spiro atoms. The van der Waals surface area contributed by atoms with Crippen LogP contribution in [0.3, 0.4) is 0 Å². The second-order valence-corrected chi connectivity index (χ2v) is 2.24. The zero-order valence-corrected chi connectivity index (χ0v) is 5.45. The van der Waals surface area contributed by atoms with E-state index in [1.54, 1.807) is 0 Å². The van der Waals surface area contributed by atoms with E-state index in [4.69, 9.17) is 5.26 Å². The van der Waals surface area contributed by atoms with Crippen molar-refractivity contribution in [3.05, 3.63) is 0 Å². The van der Waals surface area contributed by atoms with Crippen LogP contribution in [0, 0.1) is 11.5 Å². The second kappa shape index (κ2) is 4.68. The molecule has 0 bridgehead atoms. The predicted octanol–water partition coefficient (Wildman–Crippen LogP) is 1.28. The quantitative estimate of drug-likeness (QED) is 0.262. The lowest BCUT2D eigenvalue weighted by Gasteiger charge is -1.74. The number of nitriles is 1. The number of hydrogen-bond donors (Lipinski definition) is 1. The van der Waals surface area contributed by atoms with E-state index in [9.17, 15) is 4.79 Å². The minimum atomic E-state index is -0.371. The molecule has 8 heavy (non-hydrogen) atoms. The molecule has 0 saturated heterocycles. The predicted molar refractivity (Wildman–Crippen MR) is 36.1 cm³/mol. The molecular weight excluding hydrogens is 144 g/mol. The highest BCUT2D eigenvalue weighted by molar-refractivity contribution is 8.38. The molecule has 0 fully saturated rings. The van der Waals surface area contributed by atoms with Crippen molar-refractivity contribution >= 4 is 34.4 Å². The second-order valence-electron chi connectivity index (χ2n) is 0.718. The molecule has 0 heterocycles. The minimum absolute atomic E-state index is 0.371. The molecule has 3 nitrogen and oxygen atoms in total.